The third-order valence-electron chi connectivity index (χ3n) is 3.28. The fourth-order valence-electron chi connectivity index (χ4n) is 2.03. The van der Waals surface area contributed by atoms with Crippen LogP contribution in [0.3, 0.4) is 0 Å². The number of aromatic nitrogens is 2. The third-order valence-corrected chi connectivity index (χ3v) is 4.49. The first-order chi connectivity index (χ1) is 9.54. The Hall–Kier alpha value is -1.40. The molecule has 0 atom stereocenters. The van der Waals surface area contributed by atoms with Crippen LogP contribution >= 0.6 is 22.9 Å². The largest absolute Gasteiger partial charge is 0.339 e. The van der Waals surface area contributed by atoms with E-state index in [9.17, 15) is 4.79 Å². The van der Waals surface area contributed by atoms with E-state index in [0.717, 1.165) is 5.82 Å². The second-order valence-corrected chi connectivity index (χ2v) is 6.87. The molecule has 1 aliphatic rings. The quantitative estimate of drug-likeness (QED) is 0.873. The third kappa shape index (κ3) is 2.45. The Morgan fingerprint density at radius 2 is 2.25 bits per heavy atom. The molecule has 1 fully saturated rings. The monoisotopic (exact) mass is 311 g/mol. The molecule has 106 valence electrons. The highest BCUT2D eigenvalue weighted by atomic mass is 35.5. The molecule has 0 bridgehead atoms. The van der Waals surface area contributed by atoms with Crippen LogP contribution < -0.4 is 0 Å². The lowest BCUT2D eigenvalue weighted by atomic mass is 10.00. The smallest absolute Gasteiger partial charge is 0.264 e. The maximum Gasteiger partial charge on any atom is 0.264 e. The van der Waals surface area contributed by atoms with Crippen LogP contribution in [0, 0.1) is 0 Å². The van der Waals surface area contributed by atoms with Gasteiger partial charge >= 0.3 is 0 Å². The lowest BCUT2D eigenvalue weighted by Crippen LogP contribution is -2.48. The SMILES string of the molecule is CC(C)c1noc(C2CN(C(=O)c3ccc(Cl)s3)C2)n1. The van der Waals surface area contributed by atoms with Crippen molar-refractivity contribution >= 4 is 28.8 Å². The van der Waals surface area contributed by atoms with Crippen LogP contribution in [0.25, 0.3) is 0 Å². The van der Waals surface area contributed by atoms with Crippen LogP contribution in [0.15, 0.2) is 16.7 Å². The summed E-state index contributed by atoms with van der Waals surface area (Å²) in [5, 5.41) is 3.95. The first-order valence-electron chi connectivity index (χ1n) is 6.42. The van der Waals surface area contributed by atoms with Gasteiger partial charge in [-0.15, -0.1) is 11.3 Å². The molecular weight excluding hydrogens is 298 g/mol. The number of hydrogen-bond acceptors (Lipinski definition) is 5. The minimum absolute atomic E-state index is 0.0155. The molecule has 0 aromatic carbocycles. The Balaban J connectivity index is 1.62. The minimum Gasteiger partial charge on any atom is -0.339 e. The van der Waals surface area contributed by atoms with Crippen molar-refractivity contribution in [2.24, 2.45) is 0 Å². The van der Waals surface area contributed by atoms with E-state index < -0.39 is 0 Å². The number of amides is 1. The zero-order valence-electron chi connectivity index (χ0n) is 11.2. The van der Waals surface area contributed by atoms with Gasteiger partial charge in [0.2, 0.25) is 5.89 Å². The molecule has 0 spiro atoms. The number of thiophene rings is 1. The Kier molecular flexibility index (Phi) is 3.52. The molecule has 0 saturated carbocycles. The van der Waals surface area contributed by atoms with Crippen LogP contribution in [-0.4, -0.2) is 34.0 Å². The predicted molar refractivity (Wildman–Crippen MR) is 76.4 cm³/mol. The van der Waals surface area contributed by atoms with Gasteiger partial charge in [-0.05, 0) is 12.1 Å². The molecule has 5 nitrogen and oxygen atoms in total. The van der Waals surface area contributed by atoms with Gasteiger partial charge < -0.3 is 9.42 Å². The average molecular weight is 312 g/mol. The van der Waals surface area contributed by atoms with Crippen molar-refractivity contribution in [2.75, 3.05) is 13.1 Å². The van der Waals surface area contributed by atoms with E-state index in [4.69, 9.17) is 16.1 Å². The van der Waals surface area contributed by atoms with E-state index in [2.05, 4.69) is 10.1 Å². The van der Waals surface area contributed by atoms with E-state index in [1.807, 2.05) is 13.8 Å². The summed E-state index contributed by atoms with van der Waals surface area (Å²) in [4.78, 5) is 18.9. The molecule has 0 unspecified atom stereocenters. The molecule has 3 rings (SSSR count). The van der Waals surface area contributed by atoms with Crippen LogP contribution in [0.1, 0.15) is 47.1 Å². The Bertz CT molecular complexity index is 631. The van der Waals surface area contributed by atoms with Gasteiger partial charge in [-0.2, -0.15) is 4.98 Å². The lowest BCUT2D eigenvalue weighted by Gasteiger charge is -2.36. The van der Waals surface area contributed by atoms with Gasteiger partial charge in [0.05, 0.1) is 15.1 Å². The molecule has 0 radical (unpaired) electrons. The summed E-state index contributed by atoms with van der Waals surface area (Å²) >= 11 is 7.14. The van der Waals surface area contributed by atoms with Crippen molar-refractivity contribution in [3.63, 3.8) is 0 Å². The molecule has 2 aromatic heterocycles. The maximum atomic E-state index is 12.1. The maximum absolute atomic E-state index is 12.1. The molecule has 2 aromatic rings. The van der Waals surface area contributed by atoms with Crippen LogP contribution in [0.4, 0.5) is 0 Å². The van der Waals surface area contributed by atoms with Gasteiger partial charge in [-0.3, -0.25) is 4.79 Å². The summed E-state index contributed by atoms with van der Waals surface area (Å²) in [6, 6.07) is 3.50. The van der Waals surface area contributed by atoms with Gasteiger partial charge in [0.1, 0.15) is 0 Å². The molecule has 20 heavy (non-hydrogen) atoms. The van der Waals surface area contributed by atoms with Gasteiger partial charge in [0.25, 0.3) is 5.91 Å². The van der Waals surface area contributed by atoms with Gasteiger partial charge in [-0.25, -0.2) is 0 Å². The van der Waals surface area contributed by atoms with Crippen molar-refractivity contribution < 1.29 is 9.32 Å². The molecule has 1 aliphatic heterocycles. The van der Waals surface area contributed by atoms with Crippen LogP contribution in [0.2, 0.25) is 4.34 Å². The first kappa shape index (κ1) is 13.6. The number of rotatable bonds is 3. The second kappa shape index (κ2) is 5.18. The number of hydrogen-bond donors (Lipinski definition) is 0. The number of halogens is 1. The number of likely N-dealkylation sites (tertiary alicyclic amines) is 1. The molecule has 0 N–H and O–H groups in total. The van der Waals surface area contributed by atoms with E-state index in [1.165, 1.54) is 11.3 Å². The van der Waals surface area contributed by atoms with Gasteiger partial charge in [0.15, 0.2) is 5.82 Å². The topological polar surface area (TPSA) is 59.2 Å². The Morgan fingerprint density at radius 3 is 2.80 bits per heavy atom. The summed E-state index contributed by atoms with van der Waals surface area (Å²) in [6.45, 7) is 5.28. The minimum atomic E-state index is 0.0155. The fraction of sp³-hybridized carbons (Fsp3) is 0.462. The van der Waals surface area contributed by atoms with E-state index in [0.29, 0.717) is 28.2 Å². The summed E-state index contributed by atoms with van der Waals surface area (Å²) in [5.41, 5.74) is 0. The van der Waals surface area contributed by atoms with Crippen molar-refractivity contribution in [2.45, 2.75) is 25.7 Å². The number of nitrogens with zero attached hydrogens (tertiary/aromatic N) is 3. The summed E-state index contributed by atoms with van der Waals surface area (Å²) < 4.78 is 5.88. The molecular formula is C13H14ClN3O2S. The number of carbonyl (C=O) groups excluding carboxylic acids is 1. The highest BCUT2D eigenvalue weighted by molar-refractivity contribution is 7.17. The molecule has 7 heteroatoms. The van der Waals surface area contributed by atoms with Crippen LogP contribution in [0.5, 0.6) is 0 Å². The van der Waals surface area contributed by atoms with Gasteiger partial charge in [-0.1, -0.05) is 30.6 Å². The zero-order chi connectivity index (χ0) is 14.3. The van der Waals surface area contributed by atoms with E-state index >= 15 is 0 Å². The fourth-order valence-corrected chi connectivity index (χ4v) is 3.04. The first-order valence-corrected chi connectivity index (χ1v) is 7.62. The molecule has 3 heterocycles. The van der Waals surface area contributed by atoms with Crippen molar-refractivity contribution in [1.29, 1.82) is 0 Å². The van der Waals surface area contributed by atoms with E-state index in [1.54, 1.807) is 17.0 Å². The van der Waals surface area contributed by atoms with Crippen LogP contribution in [-0.2, 0) is 0 Å². The Labute approximate surface area is 125 Å². The molecule has 1 amide bonds. The van der Waals surface area contributed by atoms with Crippen molar-refractivity contribution in [3.8, 4) is 0 Å². The van der Waals surface area contributed by atoms with E-state index in [-0.39, 0.29) is 17.7 Å². The van der Waals surface area contributed by atoms with Crippen molar-refractivity contribution in [3.05, 3.63) is 33.1 Å². The average Bonchev–Trinajstić information content (AvgIpc) is 2.96. The molecule has 0 aliphatic carbocycles. The highest BCUT2D eigenvalue weighted by Crippen LogP contribution is 2.30. The normalized spacial score (nSPS) is 15.7. The summed E-state index contributed by atoms with van der Waals surface area (Å²) in [6.07, 6.45) is 0. The molecule has 1 saturated heterocycles. The zero-order valence-corrected chi connectivity index (χ0v) is 12.7. The Morgan fingerprint density at radius 1 is 1.50 bits per heavy atom. The highest BCUT2D eigenvalue weighted by Gasteiger charge is 2.36. The predicted octanol–water partition coefficient (Wildman–Crippen LogP) is 3.15. The summed E-state index contributed by atoms with van der Waals surface area (Å²) in [7, 11) is 0. The van der Waals surface area contributed by atoms with Crippen molar-refractivity contribution in [1.82, 2.24) is 15.0 Å². The second-order valence-electron chi connectivity index (χ2n) is 5.16. The standard InChI is InChI=1S/C13H14ClN3O2S/c1-7(2)11-15-12(19-16-11)8-5-17(6-8)13(18)9-3-4-10(14)20-9/h3-4,7-8H,5-6H2,1-2H3. The summed E-state index contributed by atoms with van der Waals surface area (Å²) in [5.74, 6) is 1.76. The lowest BCUT2D eigenvalue weighted by molar-refractivity contribution is 0.0574. The number of carbonyl (C=O) groups is 1. The van der Waals surface area contributed by atoms with Gasteiger partial charge in [0, 0.05) is 19.0 Å².